The predicted octanol–water partition coefficient (Wildman–Crippen LogP) is 3.49. The van der Waals surface area contributed by atoms with Gasteiger partial charge in [0.05, 0.1) is 19.3 Å². The van der Waals surface area contributed by atoms with Crippen LogP contribution in [0.5, 0.6) is 0 Å². The van der Waals surface area contributed by atoms with Gasteiger partial charge in [-0.1, -0.05) is 12.1 Å². The van der Waals surface area contributed by atoms with Crippen LogP contribution in [0.3, 0.4) is 0 Å². The fourth-order valence-electron chi connectivity index (χ4n) is 2.84. The summed E-state index contributed by atoms with van der Waals surface area (Å²) in [6, 6.07) is 11.2. The molecule has 1 aromatic heterocycles. The summed E-state index contributed by atoms with van der Waals surface area (Å²) < 4.78 is 11.4. The normalized spacial score (nSPS) is 16.8. The van der Waals surface area contributed by atoms with Crippen LogP contribution in [0.15, 0.2) is 48.8 Å². The third kappa shape index (κ3) is 6.13. The topological polar surface area (TPSA) is 72.5 Å². The Kier molecular flexibility index (Phi) is 6.98. The molecule has 3 rings (SSSR count). The molecule has 138 valence electrons. The van der Waals surface area contributed by atoms with E-state index in [0.717, 1.165) is 36.3 Å². The lowest BCUT2D eigenvalue weighted by atomic mass is 10.1. The number of hydrogen-bond acceptors (Lipinski definition) is 4. The first-order chi connectivity index (χ1) is 12.8. The van der Waals surface area contributed by atoms with E-state index in [0.29, 0.717) is 19.8 Å². The Bertz CT molecular complexity index is 688. The monoisotopic (exact) mass is 355 g/mol. The summed E-state index contributed by atoms with van der Waals surface area (Å²) in [7, 11) is 0. The van der Waals surface area contributed by atoms with Gasteiger partial charge >= 0.3 is 6.03 Å². The molecular weight excluding hydrogens is 330 g/mol. The van der Waals surface area contributed by atoms with Crippen molar-refractivity contribution < 1.29 is 14.3 Å². The average Bonchev–Trinajstić information content (AvgIpc) is 2.68. The van der Waals surface area contributed by atoms with Crippen LogP contribution in [0.2, 0.25) is 0 Å². The number of aromatic nitrogens is 1. The molecule has 0 bridgehead atoms. The second kappa shape index (κ2) is 9.89. The summed E-state index contributed by atoms with van der Waals surface area (Å²) >= 11 is 0. The van der Waals surface area contributed by atoms with Crippen LogP contribution in [0, 0.1) is 0 Å². The minimum absolute atomic E-state index is 0.212. The number of hydrogen-bond donors (Lipinski definition) is 2. The van der Waals surface area contributed by atoms with E-state index in [-0.39, 0.29) is 12.1 Å². The maximum Gasteiger partial charge on any atom is 0.319 e. The zero-order valence-corrected chi connectivity index (χ0v) is 14.8. The molecule has 2 heterocycles. The highest BCUT2D eigenvalue weighted by molar-refractivity contribution is 5.89. The first kappa shape index (κ1) is 18.4. The fraction of sp³-hybridized carbons (Fsp3) is 0.400. The molecule has 1 atom stereocenters. The van der Waals surface area contributed by atoms with Gasteiger partial charge in [-0.3, -0.25) is 4.98 Å². The molecule has 26 heavy (non-hydrogen) atoms. The Morgan fingerprint density at radius 2 is 2.08 bits per heavy atom. The number of rotatable bonds is 7. The van der Waals surface area contributed by atoms with Gasteiger partial charge in [-0.25, -0.2) is 4.79 Å². The highest BCUT2D eigenvalue weighted by atomic mass is 16.5. The Morgan fingerprint density at radius 1 is 1.19 bits per heavy atom. The van der Waals surface area contributed by atoms with E-state index in [9.17, 15) is 4.79 Å². The Balaban J connectivity index is 1.42. The molecule has 2 aromatic rings. The second-order valence-corrected chi connectivity index (χ2v) is 6.37. The fourth-order valence-corrected chi connectivity index (χ4v) is 2.84. The maximum atomic E-state index is 12.0. The average molecular weight is 355 g/mol. The minimum Gasteiger partial charge on any atom is -0.376 e. The van der Waals surface area contributed by atoms with Crippen molar-refractivity contribution >= 4 is 11.7 Å². The molecule has 1 aromatic carbocycles. The van der Waals surface area contributed by atoms with E-state index in [1.54, 1.807) is 12.4 Å². The highest BCUT2D eigenvalue weighted by Crippen LogP contribution is 2.15. The summed E-state index contributed by atoms with van der Waals surface area (Å²) in [4.78, 5) is 16.0. The number of nitrogens with one attached hydrogen (secondary N) is 2. The third-order valence-electron chi connectivity index (χ3n) is 4.23. The highest BCUT2D eigenvalue weighted by Gasteiger charge is 2.13. The molecule has 0 spiro atoms. The van der Waals surface area contributed by atoms with Gasteiger partial charge in [0.2, 0.25) is 0 Å². The van der Waals surface area contributed by atoms with Crippen LogP contribution in [0.25, 0.3) is 0 Å². The second-order valence-electron chi connectivity index (χ2n) is 6.37. The molecule has 0 unspecified atom stereocenters. The van der Waals surface area contributed by atoms with E-state index in [4.69, 9.17) is 9.47 Å². The van der Waals surface area contributed by atoms with E-state index < -0.39 is 0 Å². The van der Waals surface area contributed by atoms with Crippen molar-refractivity contribution in [2.24, 2.45) is 0 Å². The first-order valence-electron chi connectivity index (χ1n) is 9.01. The van der Waals surface area contributed by atoms with Gasteiger partial charge in [-0.05, 0) is 54.7 Å². The van der Waals surface area contributed by atoms with E-state index in [1.807, 2.05) is 36.4 Å². The van der Waals surface area contributed by atoms with Crippen LogP contribution in [0.1, 0.15) is 30.4 Å². The van der Waals surface area contributed by atoms with Crippen molar-refractivity contribution in [1.82, 2.24) is 10.3 Å². The number of urea groups is 1. The lowest BCUT2D eigenvalue weighted by molar-refractivity contribution is -0.0447. The number of carbonyl (C=O) groups is 1. The Morgan fingerprint density at radius 3 is 2.88 bits per heavy atom. The van der Waals surface area contributed by atoms with Crippen molar-refractivity contribution in [3.05, 3.63) is 59.9 Å². The lowest BCUT2D eigenvalue weighted by Gasteiger charge is -2.22. The number of benzene rings is 1. The van der Waals surface area contributed by atoms with Crippen LogP contribution in [-0.2, 0) is 22.6 Å². The number of carbonyl (C=O) groups excluding carboxylic acids is 1. The smallest absolute Gasteiger partial charge is 0.319 e. The minimum atomic E-state index is -0.240. The molecule has 1 fully saturated rings. The van der Waals surface area contributed by atoms with Gasteiger partial charge in [-0.2, -0.15) is 0 Å². The molecular formula is C20H25N3O3. The molecule has 1 aliphatic heterocycles. The van der Waals surface area contributed by atoms with Gasteiger partial charge in [0.1, 0.15) is 0 Å². The number of nitrogens with zero attached hydrogens (tertiary/aromatic N) is 1. The number of anilines is 1. The van der Waals surface area contributed by atoms with Crippen LogP contribution in [0.4, 0.5) is 10.5 Å². The maximum absolute atomic E-state index is 12.0. The summed E-state index contributed by atoms with van der Waals surface area (Å²) in [5, 5.41) is 5.67. The summed E-state index contributed by atoms with van der Waals surface area (Å²) in [5.41, 5.74) is 2.77. The number of ether oxygens (including phenoxy) is 2. The zero-order chi connectivity index (χ0) is 18.0. The molecule has 1 aliphatic rings. The van der Waals surface area contributed by atoms with E-state index in [1.165, 1.54) is 6.42 Å². The predicted molar refractivity (Wildman–Crippen MR) is 99.8 cm³/mol. The summed E-state index contributed by atoms with van der Waals surface area (Å²) in [6.45, 7) is 2.42. The van der Waals surface area contributed by atoms with Crippen LogP contribution >= 0.6 is 0 Å². The molecule has 2 N–H and O–H groups in total. The molecule has 2 amide bonds. The standard InChI is InChI=1S/C20H25N3O3/c24-20(22-13-16-7-9-21-10-8-16)23-18-5-3-4-17(12-18)14-25-15-19-6-1-2-11-26-19/h3-5,7-10,12,19H,1-2,6,11,13-15H2,(H2,22,23,24)/t19-/m1/s1. The Hall–Kier alpha value is -2.44. The first-order valence-corrected chi connectivity index (χ1v) is 9.01. The number of pyridine rings is 1. The largest absolute Gasteiger partial charge is 0.376 e. The molecule has 6 nitrogen and oxygen atoms in total. The van der Waals surface area contributed by atoms with Crippen molar-refractivity contribution in [2.45, 2.75) is 38.5 Å². The number of amides is 2. The zero-order valence-electron chi connectivity index (χ0n) is 14.8. The van der Waals surface area contributed by atoms with Gasteiger partial charge in [0.15, 0.2) is 0 Å². The molecule has 0 saturated carbocycles. The Labute approximate surface area is 153 Å². The van der Waals surface area contributed by atoms with Gasteiger partial charge in [-0.15, -0.1) is 0 Å². The van der Waals surface area contributed by atoms with E-state index in [2.05, 4.69) is 15.6 Å². The van der Waals surface area contributed by atoms with Crippen molar-refractivity contribution in [3.8, 4) is 0 Å². The lowest BCUT2D eigenvalue weighted by Crippen LogP contribution is -2.28. The van der Waals surface area contributed by atoms with Crippen LogP contribution < -0.4 is 10.6 Å². The third-order valence-corrected chi connectivity index (χ3v) is 4.23. The van der Waals surface area contributed by atoms with Gasteiger partial charge < -0.3 is 20.1 Å². The van der Waals surface area contributed by atoms with Gasteiger partial charge in [0.25, 0.3) is 0 Å². The molecule has 1 saturated heterocycles. The molecule has 0 aliphatic carbocycles. The quantitative estimate of drug-likeness (QED) is 0.797. The van der Waals surface area contributed by atoms with Crippen molar-refractivity contribution in [3.63, 3.8) is 0 Å². The molecule has 6 heteroatoms. The van der Waals surface area contributed by atoms with Crippen molar-refractivity contribution in [1.29, 1.82) is 0 Å². The van der Waals surface area contributed by atoms with Crippen LogP contribution in [-0.4, -0.2) is 30.3 Å². The van der Waals surface area contributed by atoms with E-state index >= 15 is 0 Å². The van der Waals surface area contributed by atoms with Gasteiger partial charge in [0, 0.05) is 31.2 Å². The SMILES string of the molecule is O=C(NCc1ccncc1)Nc1cccc(COC[C@H]2CCCCO2)c1. The summed E-state index contributed by atoms with van der Waals surface area (Å²) in [6.07, 6.45) is 7.05. The summed E-state index contributed by atoms with van der Waals surface area (Å²) in [5.74, 6) is 0. The van der Waals surface area contributed by atoms with Crippen molar-refractivity contribution in [2.75, 3.05) is 18.5 Å². The molecule has 0 radical (unpaired) electrons.